The first kappa shape index (κ1) is 18.7. The average molecular weight is 287 g/mol. The van der Waals surface area contributed by atoms with Gasteiger partial charge >= 0.3 is 6.09 Å². The van der Waals surface area contributed by atoms with Gasteiger partial charge in [0.1, 0.15) is 5.60 Å². The molecular formula is C14H29N3O3. The smallest absolute Gasteiger partial charge is 0.407 e. The molecular weight excluding hydrogens is 258 g/mol. The Bertz CT molecular complexity index is 288. The lowest BCUT2D eigenvalue weighted by atomic mass is 10.2. The summed E-state index contributed by atoms with van der Waals surface area (Å²) in [5, 5.41) is 8.76. The Labute approximate surface area is 122 Å². The molecule has 0 aliphatic carbocycles. The van der Waals surface area contributed by atoms with Gasteiger partial charge in [-0.15, -0.1) is 0 Å². The lowest BCUT2D eigenvalue weighted by Gasteiger charge is -2.19. The molecule has 20 heavy (non-hydrogen) atoms. The molecule has 0 aliphatic heterocycles. The van der Waals surface area contributed by atoms with Crippen LogP contribution in [0.1, 0.15) is 47.0 Å². The fourth-order valence-electron chi connectivity index (χ4n) is 1.48. The van der Waals surface area contributed by atoms with Crippen LogP contribution in [0.25, 0.3) is 0 Å². The Morgan fingerprint density at radius 1 is 0.900 bits per heavy atom. The number of alkyl carbamates (subject to hydrolysis) is 1. The summed E-state index contributed by atoms with van der Waals surface area (Å²) in [6, 6.07) is 0. The van der Waals surface area contributed by atoms with Crippen molar-refractivity contribution in [3.05, 3.63) is 0 Å². The van der Waals surface area contributed by atoms with Gasteiger partial charge in [0.25, 0.3) is 0 Å². The van der Waals surface area contributed by atoms with Crippen LogP contribution in [0, 0.1) is 0 Å². The Morgan fingerprint density at radius 2 is 1.45 bits per heavy atom. The minimum absolute atomic E-state index is 0.0122. The van der Waals surface area contributed by atoms with E-state index in [-0.39, 0.29) is 12.0 Å². The van der Waals surface area contributed by atoms with Crippen LogP contribution >= 0.6 is 0 Å². The van der Waals surface area contributed by atoms with E-state index in [9.17, 15) is 9.59 Å². The fraction of sp³-hybridized carbons (Fsp3) is 0.857. The third kappa shape index (κ3) is 14.8. The number of rotatable bonds is 9. The van der Waals surface area contributed by atoms with Crippen molar-refractivity contribution >= 4 is 12.0 Å². The Morgan fingerprint density at radius 3 is 2.05 bits per heavy atom. The number of hydrogen-bond donors (Lipinski definition) is 3. The van der Waals surface area contributed by atoms with Gasteiger partial charge in [0.05, 0.1) is 0 Å². The molecule has 3 N–H and O–H groups in total. The van der Waals surface area contributed by atoms with Crippen molar-refractivity contribution in [1.29, 1.82) is 0 Å². The van der Waals surface area contributed by atoms with Crippen LogP contribution in [0.5, 0.6) is 0 Å². The van der Waals surface area contributed by atoms with Crippen molar-refractivity contribution in [3.8, 4) is 0 Å². The zero-order chi connectivity index (χ0) is 15.4. The summed E-state index contributed by atoms with van der Waals surface area (Å²) in [5.74, 6) is 0.0122. The zero-order valence-corrected chi connectivity index (χ0v) is 13.2. The topological polar surface area (TPSA) is 79.5 Å². The molecule has 6 heteroatoms. The maximum absolute atomic E-state index is 11.3. The van der Waals surface area contributed by atoms with Crippen LogP contribution in [-0.2, 0) is 9.53 Å². The van der Waals surface area contributed by atoms with Gasteiger partial charge in [-0.2, -0.15) is 0 Å². The number of amides is 2. The quantitative estimate of drug-likeness (QED) is 0.560. The van der Waals surface area contributed by atoms with Crippen LogP contribution in [0.15, 0.2) is 0 Å². The van der Waals surface area contributed by atoms with Crippen molar-refractivity contribution in [3.63, 3.8) is 0 Å². The van der Waals surface area contributed by atoms with Crippen molar-refractivity contribution in [2.75, 3.05) is 26.2 Å². The van der Waals surface area contributed by atoms with E-state index in [1.54, 1.807) is 0 Å². The lowest BCUT2D eigenvalue weighted by Crippen LogP contribution is -2.33. The fourth-order valence-corrected chi connectivity index (χ4v) is 1.48. The molecule has 0 rings (SSSR count). The molecule has 0 aromatic heterocycles. The first-order chi connectivity index (χ1) is 9.31. The van der Waals surface area contributed by atoms with Crippen molar-refractivity contribution in [1.82, 2.24) is 16.0 Å². The second-order valence-electron chi connectivity index (χ2n) is 5.72. The van der Waals surface area contributed by atoms with Crippen LogP contribution in [0.2, 0.25) is 0 Å². The summed E-state index contributed by atoms with van der Waals surface area (Å²) < 4.78 is 5.13. The highest BCUT2D eigenvalue weighted by Gasteiger charge is 2.15. The van der Waals surface area contributed by atoms with Gasteiger partial charge in [-0.3, -0.25) is 4.79 Å². The summed E-state index contributed by atoms with van der Waals surface area (Å²) in [6.07, 6.45) is 2.48. The highest BCUT2D eigenvalue weighted by atomic mass is 16.6. The predicted molar refractivity (Wildman–Crippen MR) is 79.6 cm³/mol. The van der Waals surface area contributed by atoms with Gasteiger partial charge in [-0.25, -0.2) is 4.79 Å². The van der Waals surface area contributed by atoms with E-state index in [2.05, 4.69) is 16.0 Å². The van der Waals surface area contributed by atoms with E-state index in [1.807, 2.05) is 20.8 Å². The van der Waals surface area contributed by atoms with Gasteiger partial charge in [0, 0.05) is 20.0 Å². The highest BCUT2D eigenvalue weighted by molar-refractivity contribution is 5.72. The van der Waals surface area contributed by atoms with E-state index in [4.69, 9.17) is 4.74 Å². The van der Waals surface area contributed by atoms with Gasteiger partial charge in [0.2, 0.25) is 5.91 Å². The third-order valence-corrected chi connectivity index (χ3v) is 2.35. The molecule has 0 radical (unpaired) electrons. The van der Waals surface area contributed by atoms with Crippen LogP contribution in [-0.4, -0.2) is 43.8 Å². The molecule has 0 fully saturated rings. The number of ether oxygens (including phenoxy) is 1. The molecule has 0 aromatic rings. The number of nitrogens with one attached hydrogen (secondary N) is 3. The highest BCUT2D eigenvalue weighted by Crippen LogP contribution is 2.06. The summed E-state index contributed by atoms with van der Waals surface area (Å²) in [6.45, 7) is 10.2. The molecule has 118 valence electrons. The molecule has 0 saturated carbocycles. The molecule has 0 spiro atoms. The molecule has 0 aliphatic rings. The number of unbranched alkanes of at least 4 members (excludes halogenated alkanes) is 1. The molecule has 2 amide bonds. The monoisotopic (exact) mass is 287 g/mol. The number of carbonyl (C=O) groups excluding carboxylic acids is 2. The maximum atomic E-state index is 11.3. The predicted octanol–water partition coefficient (Wildman–Crippen LogP) is 1.41. The van der Waals surface area contributed by atoms with Crippen molar-refractivity contribution in [2.24, 2.45) is 0 Å². The molecule has 0 bridgehead atoms. The number of carbonyl (C=O) groups is 2. The van der Waals surface area contributed by atoms with E-state index >= 15 is 0 Å². The Balaban J connectivity index is 3.25. The standard InChI is InChI=1S/C14H29N3O3/c1-12(18)16-11-7-9-15-8-5-6-10-17-13(19)20-14(2,3)4/h15H,5-11H2,1-4H3,(H,16,18)(H,17,19). The van der Waals surface area contributed by atoms with Gasteiger partial charge in [-0.1, -0.05) is 0 Å². The maximum Gasteiger partial charge on any atom is 0.407 e. The molecule has 0 heterocycles. The summed E-state index contributed by atoms with van der Waals surface area (Å²) >= 11 is 0. The minimum atomic E-state index is -0.445. The minimum Gasteiger partial charge on any atom is -0.444 e. The first-order valence-electron chi connectivity index (χ1n) is 7.23. The van der Waals surface area contributed by atoms with Crippen molar-refractivity contribution < 1.29 is 14.3 Å². The molecule has 0 atom stereocenters. The average Bonchev–Trinajstić information content (AvgIpc) is 2.28. The van der Waals surface area contributed by atoms with Gasteiger partial charge in [0.15, 0.2) is 0 Å². The van der Waals surface area contributed by atoms with Crippen molar-refractivity contribution in [2.45, 2.75) is 52.6 Å². The van der Waals surface area contributed by atoms with E-state index in [0.29, 0.717) is 13.1 Å². The Hall–Kier alpha value is -1.30. The number of hydrogen-bond acceptors (Lipinski definition) is 4. The third-order valence-electron chi connectivity index (χ3n) is 2.35. The molecule has 6 nitrogen and oxygen atoms in total. The Kier molecular flexibility index (Phi) is 9.80. The second-order valence-corrected chi connectivity index (χ2v) is 5.72. The largest absolute Gasteiger partial charge is 0.444 e. The second kappa shape index (κ2) is 10.5. The normalized spacial score (nSPS) is 11.0. The van der Waals surface area contributed by atoms with Crippen LogP contribution in [0.3, 0.4) is 0 Å². The summed E-state index contributed by atoms with van der Waals surface area (Å²) in [4.78, 5) is 22.0. The van der Waals surface area contributed by atoms with Crippen LogP contribution in [0.4, 0.5) is 4.79 Å². The summed E-state index contributed by atoms with van der Waals surface area (Å²) in [7, 11) is 0. The molecule has 0 unspecified atom stereocenters. The first-order valence-corrected chi connectivity index (χ1v) is 7.23. The zero-order valence-electron chi connectivity index (χ0n) is 13.2. The van der Waals surface area contributed by atoms with Gasteiger partial charge in [-0.05, 0) is 53.1 Å². The lowest BCUT2D eigenvalue weighted by molar-refractivity contribution is -0.118. The molecule has 0 saturated heterocycles. The SMILES string of the molecule is CC(=O)NCCCNCCCCNC(=O)OC(C)(C)C. The van der Waals surface area contributed by atoms with Crippen LogP contribution < -0.4 is 16.0 Å². The van der Waals surface area contributed by atoms with E-state index in [0.717, 1.165) is 32.4 Å². The molecule has 0 aromatic carbocycles. The van der Waals surface area contributed by atoms with Gasteiger partial charge < -0.3 is 20.7 Å². The van der Waals surface area contributed by atoms with E-state index in [1.165, 1.54) is 6.92 Å². The van der Waals surface area contributed by atoms with E-state index < -0.39 is 5.60 Å². The summed E-state index contributed by atoms with van der Waals surface area (Å²) in [5.41, 5.74) is -0.445.